The van der Waals surface area contributed by atoms with Gasteiger partial charge in [-0.3, -0.25) is 0 Å². The van der Waals surface area contributed by atoms with Crippen molar-refractivity contribution in [2.75, 3.05) is 6.54 Å². The van der Waals surface area contributed by atoms with Crippen molar-refractivity contribution in [3.05, 3.63) is 47.0 Å². The molecule has 0 bridgehead atoms. The third-order valence-corrected chi connectivity index (χ3v) is 3.44. The molecule has 100 valence electrons. The molecule has 2 heteroatoms. The normalized spacial score (nSPS) is 13.1. The summed E-state index contributed by atoms with van der Waals surface area (Å²) >= 11 is 5.95. The number of nitrogens with one attached hydrogen (secondary N) is 1. The summed E-state index contributed by atoms with van der Waals surface area (Å²) < 4.78 is 0. The number of halogens is 1. The second-order valence-electron chi connectivity index (χ2n) is 5.40. The Labute approximate surface area is 116 Å². The van der Waals surface area contributed by atoms with E-state index in [0.29, 0.717) is 17.9 Å². The van der Waals surface area contributed by atoms with E-state index in [2.05, 4.69) is 51.7 Å². The zero-order valence-corrected chi connectivity index (χ0v) is 12.6. The first kappa shape index (κ1) is 15.3. The van der Waals surface area contributed by atoms with Gasteiger partial charge in [-0.05, 0) is 23.6 Å². The summed E-state index contributed by atoms with van der Waals surface area (Å²) in [6, 6.07) is 8.59. The fourth-order valence-electron chi connectivity index (χ4n) is 1.91. The first-order chi connectivity index (χ1) is 8.41. The molecule has 1 nitrogen and oxygen atoms in total. The summed E-state index contributed by atoms with van der Waals surface area (Å²) in [6.07, 6.45) is 0. The van der Waals surface area contributed by atoms with Crippen molar-refractivity contribution in [2.24, 2.45) is 5.92 Å². The van der Waals surface area contributed by atoms with Crippen molar-refractivity contribution in [3.63, 3.8) is 0 Å². The highest BCUT2D eigenvalue weighted by molar-refractivity contribution is 6.30. The van der Waals surface area contributed by atoms with Crippen LogP contribution in [0.1, 0.15) is 39.2 Å². The lowest BCUT2D eigenvalue weighted by Gasteiger charge is -2.24. The van der Waals surface area contributed by atoms with Gasteiger partial charge in [0.05, 0.1) is 0 Å². The molecular formula is C16H24ClN. The minimum absolute atomic E-state index is 0.352. The lowest BCUT2D eigenvalue weighted by Crippen LogP contribution is -2.29. The minimum atomic E-state index is 0.352. The van der Waals surface area contributed by atoms with Crippen LogP contribution in [0, 0.1) is 5.92 Å². The van der Waals surface area contributed by atoms with Gasteiger partial charge in [-0.25, -0.2) is 0 Å². The maximum atomic E-state index is 5.95. The van der Waals surface area contributed by atoms with E-state index in [4.69, 9.17) is 11.6 Å². The van der Waals surface area contributed by atoms with E-state index in [1.165, 1.54) is 11.1 Å². The van der Waals surface area contributed by atoms with Crippen molar-refractivity contribution in [3.8, 4) is 0 Å². The molecule has 0 fully saturated rings. The molecule has 0 heterocycles. The topological polar surface area (TPSA) is 12.0 Å². The van der Waals surface area contributed by atoms with Crippen LogP contribution in [0.2, 0.25) is 5.02 Å². The van der Waals surface area contributed by atoms with E-state index in [9.17, 15) is 0 Å². The van der Waals surface area contributed by atoms with Gasteiger partial charge in [-0.15, -0.1) is 0 Å². The third kappa shape index (κ3) is 4.47. The molecule has 1 aromatic carbocycles. The zero-order chi connectivity index (χ0) is 13.7. The molecule has 0 amide bonds. The van der Waals surface area contributed by atoms with Crippen LogP contribution in [0.15, 0.2) is 36.4 Å². The van der Waals surface area contributed by atoms with Gasteiger partial charge in [0.2, 0.25) is 0 Å². The third-order valence-electron chi connectivity index (χ3n) is 3.19. The highest BCUT2D eigenvalue weighted by atomic mass is 35.5. The molecule has 0 aromatic heterocycles. The van der Waals surface area contributed by atoms with Gasteiger partial charge in [0.1, 0.15) is 0 Å². The Bertz CT molecular complexity index is 379. The Hall–Kier alpha value is -0.790. The first-order valence-electron chi connectivity index (χ1n) is 6.59. The Morgan fingerprint density at radius 2 is 1.72 bits per heavy atom. The average Bonchev–Trinajstić information content (AvgIpc) is 2.30. The molecule has 0 aliphatic rings. The fraction of sp³-hybridized carbons (Fsp3) is 0.500. The molecule has 0 aliphatic heterocycles. The number of hydrogen-bond donors (Lipinski definition) is 1. The second-order valence-corrected chi connectivity index (χ2v) is 5.83. The van der Waals surface area contributed by atoms with Crippen LogP contribution in [0.4, 0.5) is 0 Å². The van der Waals surface area contributed by atoms with E-state index in [0.717, 1.165) is 11.6 Å². The molecule has 0 radical (unpaired) electrons. The maximum absolute atomic E-state index is 5.95. The predicted octanol–water partition coefficient (Wildman–Crippen LogP) is 4.63. The predicted molar refractivity (Wildman–Crippen MR) is 81.3 cm³/mol. The number of hydrogen-bond acceptors (Lipinski definition) is 1. The fourth-order valence-corrected chi connectivity index (χ4v) is 2.04. The molecule has 1 N–H and O–H groups in total. The first-order valence-corrected chi connectivity index (χ1v) is 6.97. The zero-order valence-electron chi connectivity index (χ0n) is 11.8. The van der Waals surface area contributed by atoms with Crippen LogP contribution in [-0.2, 0) is 0 Å². The van der Waals surface area contributed by atoms with Crippen molar-refractivity contribution in [2.45, 2.75) is 39.7 Å². The smallest absolute Gasteiger partial charge is 0.0406 e. The Morgan fingerprint density at radius 3 is 2.17 bits per heavy atom. The summed E-state index contributed by atoms with van der Waals surface area (Å²) in [5, 5.41) is 4.28. The molecular weight excluding hydrogens is 242 g/mol. The molecule has 0 aliphatic carbocycles. The summed E-state index contributed by atoms with van der Waals surface area (Å²) in [5.74, 6) is 0.837. The van der Waals surface area contributed by atoms with Crippen molar-refractivity contribution >= 4 is 11.6 Å². The number of benzene rings is 1. The summed E-state index contributed by atoms with van der Waals surface area (Å²) in [5.41, 5.74) is 2.55. The standard InChI is InChI=1S/C16H24ClN/c1-11(2)13(5)16(10-18-12(3)4)14-6-8-15(17)9-7-14/h6-9,11-12,16,18H,5,10H2,1-4H3/t16-/m1/s1. The van der Waals surface area contributed by atoms with Gasteiger partial charge in [0, 0.05) is 23.5 Å². The summed E-state index contributed by atoms with van der Waals surface area (Å²) in [7, 11) is 0. The molecule has 0 saturated carbocycles. The lowest BCUT2D eigenvalue weighted by atomic mass is 9.85. The van der Waals surface area contributed by atoms with Crippen molar-refractivity contribution < 1.29 is 0 Å². The van der Waals surface area contributed by atoms with Crippen LogP contribution in [-0.4, -0.2) is 12.6 Å². The molecule has 1 rings (SSSR count). The summed E-state index contributed by atoms with van der Waals surface area (Å²) in [6.45, 7) is 13.9. The molecule has 1 aromatic rings. The van der Waals surface area contributed by atoms with E-state index < -0.39 is 0 Å². The molecule has 0 spiro atoms. The lowest BCUT2D eigenvalue weighted by molar-refractivity contribution is 0.535. The van der Waals surface area contributed by atoms with Crippen LogP contribution >= 0.6 is 11.6 Å². The summed E-state index contributed by atoms with van der Waals surface area (Å²) in [4.78, 5) is 0. The van der Waals surface area contributed by atoms with Gasteiger partial charge in [0.15, 0.2) is 0 Å². The Balaban J connectivity index is 2.89. The molecule has 18 heavy (non-hydrogen) atoms. The van der Waals surface area contributed by atoms with E-state index in [1.807, 2.05) is 12.1 Å². The van der Waals surface area contributed by atoms with E-state index in [-0.39, 0.29) is 0 Å². The maximum Gasteiger partial charge on any atom is 0.0406 e. The number of rotatable bonds is 6. The highest BCUT2D eigenvalue weighted by Gasteiger charge is 2.17. The van der Waals surface area contributed by atoms with Crippen LogP contribution in [0.5, 0.6) is 0 Å². The Morgan fingerprint density at radius 1 is 1.17 bits per heavy atom. The molecule has 0 saturated heterocycles. The minimum Gasteiger partial charge on any atom is -0.314 e. The van der Waals surface area contributed by atoms with Gasteiger partial charge in [-0.1, -0.05) is 63.6 Å². The van der Waals surface area contributed by atoms with E-state index in [1.54, 1.807) is 0 Å². The largest absolute Gasteiger partial charge is 0.314 e. The van der Waals surface area contributed by atoms with E-state index >= 15 is 0 Å². The molecule has 0 unspecified atom stereocenters. The average molecular weight is 266 g/mol. The quantitative estimate of drug-likeness (QED) is 0.740. The second kappa shape index (κ2) is 6.96. The Kier molecular flexibility index (Phi) is 5.90. The SMILES string of the molecule is C=C(C(C)C)[C@@H](CNC(C)C)c1ccc(Cl)cc1. The van der Waals surface area contributed by atoms with Gasteiger partial charge in [0.25, 0.3) is 0 Å². The van der Waals surface area contributed by atoms with Gasteiger partial charge < -0.3 is 5.32 Å². The van der Waals surface area contributed by atoms with Crippen molar-refractivity contribution in [1.29, 1.82) is 0 Å². The van der Waals surface area contributed by atoms with Crippen LogP contribution in [0.25, 0.3) is 0 Å². The van der Waals surface area contributed by atoms with Gasteiger partial charge in [-0.2, -0.15) is 0 Å². The monoisotopic (exact) mass is 265 g/mol. The van der Waals surface area contributed by atoms with Gasteiger partial charge >= 0.3 is 0 Å². The van der Waals surface area contributed by atoms with Crippen molar-refractivity contribution in [1.82, 2.24) is 5.32 Å². The molecule has 1 atom stereocenters. The highest BCUT2D eigenvalue weighted by Crippen LogP contribution is 2.28. The van der Waals surface area contributed by atoms with Crippen LogP contribution in [0.3, 0.4) is 0 Å². The van der Waals surface area contributed by atoms with Crippen LogP contribution < -0.4 is 5.32 Å².